The van der Waals surface area contributed by atoms with Crippen molar-refractivity contribution in [3.8, 4) is 0 Å². The first-order chi connectivity index (χ1) is 8.15. The molecule has 1 fully saturated rings. The number of nitrogens with two attached hydrogens (primary N) is 1. The van der Waals surface area contributed by atoms with Gasteiger partial charge in [0.15, 0.2) is 5.13 Å². The average Bonchev–Trinajstić information content (AvgIpc) is 2.90. The van der Waals surface area contributed by atoms with E-state index in [1.807, 2.05) is 5.38 Å². The maximum atomic E-state index is 11.9. The van der Waals surface area contributed by atoms with Crippen LogP contribution in [0, 0.1) is 0 Å². The van der Waals surface area contributed by atoms with Crippen molar-refractivity contribution in [2.45, 2.75) is 25.4 Å². The molecule has 0 aliphatic carbocycles. The van der Waals surface area contributed by atoms with Crippen LogP contribution in [-0.4, -0.2) is 42.1 Å². The zero-order chi connectivity index (χ0) is 12.3. The summed E-state index contributed by atoms with van der Waals surface area (Å²) in [4.78, 5) is 17.7. The fraction of sp³-hybridized carbons (Fsp3) is 0.636. The third-order valence-corrected chi connectivity index (χ3v) is 3.55. The summed E-state index contributed by atoms with van der Waals surface area (Å²) in [7, 11) is 1.81. The first-order valence-corrected chi connectivity index (χ1v) is 6.58. The minimum Gasteiger partial charge on any atom is -0.376 e. The number of hydrogen-bond donors (Lipinski definition) is 1. The van der Waals surface area contributed by atoms with E-state index in [-0.39, 0.29) is 12.0 Å². The first-order valence-electron chi connectivity index (χ1n) is 5.70. The number of nitrogen functional groups attached to an aromatic ring is 1. The molecule has 1 aliphatic rings. The molecule has 1 aliphatic heterocycles. The third-order valence-electron chi connectivity index (χ3n) is 2.83. The summed E-state index contributed by atoms with van der Waals surface area (Å²) in [5.74, 6) is 0.0609. The molecule has 0 aromatic carbocycles. The molecular formula is C11H17N3O2S. The number of hydrogen-bond acceptors (Lipinski definition) is 5. The average molecular weight is 255 g/mol. The van der Waals surface area contributed by atoms with Crippen LogP contribution in [0.1, 0.15) is 18.5 Å². The lowest BCUT2D eigenvalue weighted by atomic mass is 10.2. The van der Waals surface area contributed by atoms with Crippen LogP contribution in [0.5, 0.6) is 0 Å². The van der Waals surface area contributed by atoms with Gasteiger partial charge in [-0.25, -0.2) is 4.98 Å². The van der Waals surface area contributed by atoms with Crippen molar-refractivity contribution in [3.05, 3.63) is 11.1 Å². The largest absolute Gasteiger partial charge is 0.376 e. The Morgan fingerprint density at radius 1 is 1.76 bits per heavy atom. The number of carbonyl (C=O) groups is 1. The summed E-state index contributed by atoms with van der Waals surface area (Å²) in [6.07, 6.45) is 2.65. The number of aromatic nitrogens is 1. The maximum absolute atomic E-state index is 11.9. The van der Waals surface area contributed by atoms with E-state index in [1.165, 1.54) is 11.3 Å². The second-order valence-corrected chi connectivity index (χ2v) is 5.15. The van der Waals surface area contributed by atoms with Crippen molar-refractivity contribution in [2.24, 2.45) is 0 Å². The molecule has 1 unspecified atom stereocenters. The highest BCUT2D eigenvalue weighted by atomic mass is 32.1. The molecule has 0 bridgehead atoms. The van der Waals surface area contributed by atoms with Gasteiger partial charge < -0.3 is 15.4 Å². The van der Waals surface area contributed by atoms with Gasteiger partial charge in [-0.2, -0.15) is 0 Å². The van der Waals surface area contributed by atoms with Crippen LogP contribution in [0.4, 0.5) is 5.13 Å². The van der Waals surface area contributed by atoms with Crippen LogP contribution in [0.3, 0.4) is 0 Å². The van der Waals surface area contributed by atoms with E-state index in [1.54, 1.807) is 11.9 Å². The lowest BCUT2D eigenvalue weighted by Gasteiger charge is -2.20. The van der Waals surface area contributed by atoms with Crippen molar-refractivity contribution in [1.82, 2.24) is 9.88 Å². The first kappa shape index (κ1) is 12.3. The van der Waals surface area contributed by atoms with Crippen LogP contribution in [0.25, 0.3) is 0 Å². The van der Waals surface area contributed by atoms with E-state index in [4.69, 9.17) is 10.5 Å². The van der Waals surface area contributed by atoms with Gasteiger partial charge >= 0.3 is 0 Å². The van der Waals surface area contributed by atoms with E-state index in [0.717, 1.165) is 25.1 Å². The van der Waals surface area contributed by atoms with Crippen molar-refractivity contribution >= 4 is 22.4 Å². The van der Waals surface area contributed by atoms with Crippen molar-refractivity contribution in [1.29, 1.82) is 0 Å². The lowest BCUT2D eigenvalue weighted by molar-refractivity contribution is -0.130. The topological polar surface area (TPSA) is 68.5 Å². The number of ether oxygens (including phenoxy) is 1. The number of anilines is 1. The second kappa shape index (κ2) is 5.46. The minimum atomic E-state index is 0.0609. The Morgan fingerprint density at radius 3 is 3.18 bits per heavy atom. The molecule has 1 aromatic rings. The predicted molar refractivity (Wildman–Crippen MR) is 66.8 cm³/mol. The van der Waals surface area contributed by atoms with Gasteiger partial charge in [0.1, 0.15) is 0 Å². The van der Waals surface area contributed by atoms with Gasteiger partial charge in [-0.1, -0.05) is 0 Å². The highest BCUT2D eigenvalue weighted by molar-refractivity contribution is 7.13. The fourth-order valence-corrected chi connectivity index (χ4v) is 2.45. The summed E-state index contributed by atoms with van der Waals surface area (Å²) in [5.41, 5.74) is 6.27. The highest BCUT2D eigenvalue weighted by Gasteiger charge is 2.20. The van der Waals surface area contributed by atoms with Crippen LogP contribution in [0.2, 0.25) is 0 Å². The molecule has 2 rings (SSSR count). The molecule has 0 radical (unpaired) electrons. The van der Waals surface area contributed by atoms with E-state index < -0.39 is 0 Å². The standard InChI is InChI=1S/C11H17N3O2S/c1-14(6-9-3-2-4-16-9)10(15)5-8-7-17-11(12)13-8/h7,9H,2-6H2,1H3,(H2,12,13). The second-order valence-electron chi connectivity index (χ2n) is 4.26. The summed E-state index contributed by atoms with van der Waals surface area (Å²) in [6, 6.07) is 0. The fourth-order valence-electron chi connectivity index (χ4n) is 1.89. The molecule has 94 valence electrons. The molecule has 5 nitrogen and oxygen atoms in total. The van der Waals surface area contributed by atoms with Gasteiger partial charge in [-0.05, 0) is 12.8 Å². The minimum absolute atomic E-state index is 0.0609. The van der Waals surface area contributed by atoms with Crippen molar-refractivity contribution in [2.75, 3.05) is 25.9 Å². The lowest BCUT2D eigenvalue weighted by Crippen LogP contribution is -2.35. The van der Waals surface area contributed by atoms with E-state index >= 15 is 0 Å². The normalized spacial score (nSPS) is 19.5. The number of nitrogens with zero attached hydrogens (tertiary/aromatic N) is 2. The molecule has 1 saturated heterocycles. The van der Waals surface area contributed by atoms with Gasteiger partial charge in [0, 0.05) is 25.6 Å². The molecule has 0 spiro atoms. The smallest absolute Gasteiger partial charge is 0.228 e. The van der Waals surface area contributed by atoms with Crippen LogP contribution in [0.15, 0.2) is 5.38 Å². The molecule has 2 N–H and O–H groups in total. The molecule has 0 saturated carbocycles. The SMILES string of the molecule is CN(CC1CCCO1)C(=O)Cc1csc(N)n1. The van der Waals surface area contributed by atoms with Gasteiger partial charge in [0.05, 0.1) is 18.2 Å². The summed E-state index contributed by atoms with van der Waals surface area (Å²) in [6.45, 7) is 1.48. The van der Waals surface area contributed by atoms with Gasteiger partial charge in [0.25, 0.3) is 0 Å². The molecule has 2 heterocycles. The third kappa shape index (κ3) is 3.41. The molecule has 1 atom stereocenters. The number of likely N-dealkylation sites (N-methyl/N-ethyl adjacent to an activating group) is 1. The molecule has 17 heavy (non-hydrogen) atoms. The number of amides is 1. The number of thiazole rings is 1. The monoisotopic (exact) mass is 255 g/mol. The van der Waals surface area contributed by atoms with Gasteiger partial charge in [0.2, 0.25) is 5.91 Å². The van der Waals surface area contributed by atoms with Crippen LogP contribution < -0.4 is 5.73 Å². The Bertz CT molecular complexity index is 388. The van der Waals surface area contributed by atoms with Crippen molar-refractivity contribution in [3.63, 3.8) is 0 Å². The van der Waals surface area contributed by atoms with Gasteiger partial charge in [-0.3, -0.25) is 4.79 Å². The Labute approximate surface area is 105 Å². The zero-order valence-corrected chi connectivity index (χ0v) is 10.7. The summed E-state index contributed by atoms with van der Waals surface area (Å²) < 4.78 is 5.50. The summed E-state index contributed by atoms with van der Waals surface area (Å²) >= 11 is 1.36. The Hall–Kier alpha value is -1.14. The Kier molecular flexibility index (Phi) is 3.96. The molecule has 6 heteroatoms. The van der Waals surface area contributed by atoms with Crippen molar-refractivity contribution < 1.29 is 9.53 Å². The highest BCUT2D eigenvalue weighted by Crippen LogP contribution is 2.15. The Morgan fingerprint density at radius 2 is 2.59 bits per heavy atom. The Balaban J connectivity index is 1.82. The van der Waals surface area contributed by atoms with Crippen LogP contribution >= 0.6 is 11.3 Å². The van der Waals surface area contributed by atoms with E-state index in [0.29, 0.717) is 18.1 Å². The van der Waals surface area contributed by atoms with Gasteiger partial charge in [-0.15, -0.1) is 11.3 Å². The quantitative estimate of drug-likeness (QED) is 0.868. The molecule has 1 amide bonds. The predicted octanol–water partition coefficient (Wildman–Crippen LogP) is 0.905. The number of rotatable bonds is 4. The molecule has 1 aromatic heterocycles. The zero-order valence-electron chi connectivity index (χ0n) is 9.89. The van der Waals surface area contributed by atoms with Crippen LogP contribution in [-0.2, 0) is 16.0 Å². The summed E-state index contributed by atoms with van der Waals surface area (Å²) in [5, 5.41) is 2.34. The maximum Gasteiger partial charge on any atom is 0.228 e. The van der Waals surface area contributed by atoms with E-state index in [2.05, 4.69) is 4.98 Å². The molecular weight excluding hydrogens is 238 g/mol. The van der Waals surface area contributed by atoms with E-state index in [9.17, 15) is 4.79 Å². The number of carbonyl (C=O) groups excluding carboxylic acids is 1.